The van der Waals surface area contributed by atoms with Gasteiger partial charge in [-0.2, -0.15) is 0 Å². The van der Waals surface area contributed by atoms with E-state index < -0.39 is 0 Å². The van der Waals surface area contributed by atoms with Gasteiger partial charge in [-0.25, -0.2) is 4.98 Å². The largest absolute Gasteiger partial charge is 0.337 e. The highest BCUT2D eigenvalue weighted by molar-refractivity contribution is 7.18. The zero-order valence-electron chi connectivity index (χ0n) is 11.9. The molecule has 0 radical (unpaired) electrons. The number of hydrogen-bond donors (Lipinski definition) is 1. The van der Waals surface area contributed by atoms with Crippen LogP contribution in [0.5, 0.6) is 0 Å². The number of imidazole rings is 1. The highest BCUT2D eigenvalue weighted by Crippen LogP contribution is 2.24. The minimum Gasteiger partial charge on any atom is -0.337 e. The molecule has 4 nitrogen and oxygen atoms in total. The second-order valence-corrected chi connectivity index (χ2v) is 6.53. The lowest BCUT2D eigenvalue weighted by molar-refractivity contribution is 0.0945. The van der Waals surface area contributed by atoms with Crippen molar-refractivity contribution in [2.45, 2.75) is 6.04 Å². The summed E-state index contributed by atoms with van der Waals surface area (Å²) in [5, 5.41) is 3.04. The Morgan fingerprint density at radius 2 is 2.05 bits per heavy atom. The van der Waals surface area contributed by atoms with Crippen LogP contribution in [0.3, 0.4) is 0 Å². The van der Waals surface area contributed by atoms with E-state index in [1.54, 1.807) is 18.3 Å². The number of nitrogens with zero attached hydrogens (tertiary/aromatic N) is 2. The zero-order chi connectivity index (χ0) is 15.5. The molecule has 1 N–H and O–H groups in total. The first-order valence-electron chi connectivity index (χ1n) is 6.73. The SMILES string of the molecule is Cn1ccnc1[C@H](NC(=O)c1ccc(Cl)s1)c1ccccc1. The highest BCUT2D eigenvalue weighted by Gasteiger charge is 2.21. The van der Waals surface area contributed by atoms with Gasteiger partial charge in [0, 0.05) is 19.4 Å². The average Bonchev–Trinajstić information content (AvgIpc) is 3.14. The van der Waals surface area contributed by atoms with Crippen molar-refractivity contribution in [3.8, 4) is 0 Å². The lowest BCUT2D eigenvalue weighted by Gasteiger charge is -2.18. The van der Waals surface area contributed by atoms with Gasteiger partial charge in [0.1, 0.15) is 11.9 Å². The van der Waals surface area contributed by atoms with Crippen LogP contribution < -0.4 is 5.32 Å². The van der Waals surface area contributed by atoms with E-state index in [2.05, 4.69) is 10.3 Å². The minimum atomic E-state index is -0.311. The fourth-order valence-electron chi connectivity index (χ4n) is 2.24. The van der Waals surface area contributed by atoms with Crippen molar-refractivity contribution in [2.75, 3.05) is 0 Å². The molecular weight excluding hydrogens is 318 g/mol. The Morgan fingerprint density at radius 3 is 2.64 bits per heavy atom. The van der Waals surface area contributed by atoms with Gasteiger partial charge in [-0.05, 0) is 17.7 Å². The molecule has 0 aliphatic carbocycles. The number of amides is 1. The van der Waals surface area contributed by atoms with Crippen molar-refractivity contribution in [1.82, 2.24) is 14.9 Å². The number of aryl methyl sites for hydroxylation is 1. The van der Waals surface area contributed by atoms with E-state index in [4.69, 9.17) is 11.6 Å². The fourth-order valence-corrected chi connectivity index (χ4v) is 3.18. The predicted octanol–water partition coefficient (Wildman–Crippen LogP) is 3.65. The average molecular weight is 332 g/mol. The first-order chi connectivity index (χ1) is 10.6. The maximum Gasteiger partial charge on any atom is 0.262 e. The smallest absolute Gasteiger partial charge is 0.262 e. The van der Waals surface area contributed by atoms with Gasteiger partial charge in [0.2, 0.25) is 0 Å². The predicted molar refractivity (Wildman–Crippen MR) is 88.3 cm³/mol. The summed E-state index contributed by atoms with van der Waals surface area (Å²) in [5.74, 6) is 0.621. The van der Waals surface area contributed by atoms with Crippen molar-refractivity contribution in [2.24, 2.45) is 7.05 Å². The Labute approximate surface area is 137 Å². The number of nitrogens with one attached hydrogen (secondary N) is 1. The number of carbonyl (C=O) groups excluding carboxylic acids is 1. The molecule has 0 saturated carbocycles. The van der Waals surface area contributed by atoms with Gasteiger partial charge in [-0.1, -0.05) is 41.9 Å². The summed E-state index contributed by atoms with van der Waals surface area (Å²) in [5.41, 5.74) is 0.979. The summed E-state index contributed by atoms with van der Waals surface area (Å²) >= 11 is 7.17. The molecule has 0 aliphatic rings. The summed E-state index contributed by atoms with van der Waals surface area (Å²) in [7, 11) is 1.91. The molecule has 1 atom stereocenters. The standard InChI is InChI=1S/C16H14ClN3OS/c1-20-10-9-18-15(20)14(11-5-3-2-4-6-11)19-16(21)12-7-8-13(17)22-12/h2-10,14H,1H3,(H,19,21)/t14-/m1/s1. The van der Waals surface area contributed by atoms with Crippen molar-refractivity contribution in [3.63, 3.8) is 0 Å². The number of halogens is 1. The Balaban J connectivity index is 1.93. The van der Waals surface area contributed by atoms with Gasteiger partial charge in [0.15, 0.2) is 0 Å². The molecule has 2 heterocycles. The second-order valence-electron chi connectivity index (χ2n) is 4.82. The maximum absolute atomic E-state index is 12.5. The topological polar surface area (TPSA) is 46.9 Å². The molecule has 0 saturated heterocycles. The molecule has 0 unspecified atom stereocenters. The molecule has 1 amide bonds. The molecule has 2 aromatic heterocycles. The maximum atomic E-state index is 12.5. The van der Waals surface area contributed by atoms with E-state index in [0.717, 1.165) is 11.4 Å². The fraction of sp³-hybridized carbons (Fsp3) is 0.125. The number of aromatic nitrogens is 2. The quantitative estimate of drug-likeness (QED) is 0.793. The van der Waals surface area contributed by atoms with Gasteiger partial charge in [-0.15, -0.1) is 11.3 Å². The molecule has 112 valence electrons. The molecule has 22 heavy (non-hydrogen) atoms. The molecule has 0 spiro atoms. The van der Waals surface area contributed by atoms with E-state index in [1.807, 2.05) is 48.1 Å². The van der Waals surface area contributed by atoms with Crippen molar-refractivity contribution in [3.05, 3.63) is 75.5 Å². The molecule has 0 aliphatic heterocycles. The lowest BCUT2D eigenvalue weighted by Crippen LogP contribution is -2.30. The molecule has 3 rings (SSSR count). The summed E-state index contributed by atoms with van der Waals surface area (Å²) in [6, 6.07) is 12.9. The molecule has 3 aromatic rings. The third kappa shape index (κ3) is 3.05. The van der Waals surface area contributed by atoms with E-state index in [9.17, 15) is 4.79 Å². The lowest BCUT2D eigenvalue weighted by atomic mass is 10.1. The Hall–Kier alpha value is -2.11. The molecule has 0 fully saturated rings. The van der Waals surface area contributed by atoms with Gasteiger partial charge in [0.25, 0.3) is 5.91 Å². The van der Waals surface area contributed by atoms with Gasteiger partial charge < -0.3 is 9.88 Å². The van der Waals surface area contributed by atoms with Crippen LogP contribution in [-0.2, 0) is 7.05 Å². The first-order valence-corrected chi connectivity index (χ1v) is 7.93. The number of carbonyl (C=O) groups is 1. The second kappa shape index (κ2) is 6.34. The van der Waals surface area contributed by atoms with Crippen LogP contribution in [0.15, 0.2) is 54.9 Å². The number of hydrogen-bond acceptors (Lipinski definition) is 3. The number of rotatable bonds is 4. The Morgan fingerprint density at radius 1 is 1.27 bits per heavy atom. The van der Waals surface area contributed by atoms with E-state index >= 15 is 0 Å². The van der Waals surface area contributed by atoms with Crippen LogP contribution >= 0.6 is 22.9 Å². The Bertz CT molecular complexity index is 782. The van der Waals surface area contributed by atoms with Gasteiger partial charge >= 0.3 is 0 Å². The molecular formula is C16H14ClN3OS. The molecule has 1 aromatic carbocycles. The van der Waals surface area contributed by atoms with Crippen molar-refractivity contribution < 1.29 is 4.79 Å². The van der Waals surface area contributed by atoms with Crippen LogP contribution in [0.2, 0.25) is 4.34 Å². The van der Waals surface area contributed by atoms with Crippen LogP contribution in [0.25, 0.3) is 0 Å². The number of benzene rings is 1. The van der Waals surface area contributed by atoms with Crippen LogP contribution in [-0.4, -0.2) is 15.5 Å². The number of thiophene rings is 1. The van der Waals surface area contributed by atoms with E-state index in [0.29, 0.717) is 9.21 Å². The van der Waals surface area contributed by atoms with E-state index in [1.165, 1.54) is 11.3 Å². The summed E-state index contributed by atoms with van der Waals surface area (Å²) in [6.45, 7) is 0. The molecule has 0 bridgehead atoms. The summed E-state index contributed by atoms with van der Waals surface area (Å²) in [4.78, 5) is 17.4. The van der Waals surface area contributed by atoms with Crippen LogP contribution in [0, 0.1) is 0 Å². The molecule has 6 heteroatoms. The summed E-state index contributed by atoms with van der Waals surface area (Å²) < 4.78 is 2.50. The third-order valence-corrected chi connectivity index (χ3v) is 4.55. The third-order valence-electron chi connectivity index (χ3n) is 3.32. The monoisotopic (exact) mass is 331 g/mol. The first kappa shape index (κ1) is 14.8. The van der Waals surface area contributed by atoms with E-state index in [-0.39, 0.29) is 11.9 Å². The van der Waals surface area contributed by atoms with Crippen molar-refractivity contribution >= 4 is 28.8 Å². The Kier molecular flexibility index (Phi) is 4.27. The highest BCUT2D eigenvalue weighted by atomic mass is 35.5. The normalized spacial score (nSPS) is 12.1. The summed E-state index contributed by atoms with van der Waals surface area (Å²) in [6.07, 6.45) is 3.58. The van der Waals surface area contributed by atoms with Gasteiger partial charge in [0.05, 0.1) is 9.21 Å². The zero-order valence-corrected chi connectivity index (χ0v) is 13.4. The van der Waals surface area contributed by atoms with Gasteiger partial charge in [-0.3, -0.25) is 4.79 Å². The van der Waals surface area contributed by atoms with Crippen molar-refractivity contribution in [1.29, 1.82) is 0 Å². The van der Waals surface area contributed by atoms with Crippen LogP contribution in [0.4, 0.5) is 0 Å². The minimum absolute atomic E-state index is 0.159. The van der Waals surface area contributed by atoms with Crippen LogP contribution in [0.1, 0.15) is 27.1 Å².